The van der Waals surface area contributed by atoms with Crippen molar-refractivity contribution in [1.29, 1.82) is 0 Å². The summed E-state index contributed by atoms with van der Waals surface area (Å²) in [6, 6.07) is 3.89. The van der Waals surface area contributed by atoms with Crippen LogP contribution in [-0.4, -0.2) is 30.7 Å². The fourth-order valence-electron chi connectivity index (χ4n) is 2.90. The molecule has 0 radical (unpaired) electrons. The molecule has 5 heterocycles. The van der Waals surface area contributed by atoms with Gasteiger partial charge >= 0.3 is 0 Å². The maximum atomic E-state index is 12.4. The molecule has 0 aliphatic heterocycles. The number of hydrogen-bond donors (Lipinski definition) is 2. The Bertz CT molecular complexity index is 1240. The van der Waals surface area contributed by atoms with Gasteiger partial charge in [0.1, 0.15) is 0 Å². The highest BCUT2D eigenvalue weighted by Crippen LogP contribution is 2.29. The fourth-order valence-corrected chi connectivity index (χ4v) is 4.39. The molecule has 9 heteroatoms. The molecule has 0 aromatic carbocycles. The number of rotatable bonds is 5. The molecule has 0 aliphatic rings. The van der Waals surface area contributed by atoms with Crippen LogP contribution in [0.2, 0.25) is 0 Å². The monoisotopic (exact) mass is 422 g/mol. The molecule has 0 aliphatic carbocycles. The van der Waals surface area contributed by atoms with Crippen molar-refractivity contribution in [2.75, 3.05) is 0 Å². The minimum Gasteiger partial charge on any atom is -0.347 e. The molecule has 1 amide bonds. The number of carbonyl (C=O) groups is 1. The quantitative estimate of drug-likeness (QED) is 0.437. The standard InChI is InChI=1S/C19H14N6OS2.CH4/c26-19(21-4-12-1-2-27-10-12)17-3-13(11-28-17)16-8-24-25-9-15(5-20-18(16)25)14-6-22-23-7-14;/h1-3,5-11H,4H2,(H,21,26)(H,22,23);1H4. The lowest BCUT2D eigenvalue weighted by atomic mass is 10.1. The number of carbonyl (C=O) groups excluding carboxylic acids is 1. The van der Waals surface area contributed by atoms with Crippen molar-refractivity contribution in [3.8, 4) is 22.3 Å². The van der Waals surface area contributed by atoms with Crippen molar-refractivity contribution in [3.05, 3.63) is 69.7 Å². The molecule has 2 N–H and O–H groups in total. The van der Waals surface area contributed by atoms with Crippen molar-refractivity contribution in [3.63, 3.8) is 0 Å². The van der Waals surface area contributed by atoms with E-state index in [0.29, 0.717) is 11.4 Å². The number of nitrogens with one attached hydrogen (secondary N) is 2. The largest absolute Gasteiger partial charge is 0.347 e. The van der Waals surface area contributed by atoms with Crippen LogP contribution in [0.25, 0.3) is 27.9 Å². The van der Waals surface area contributed by atoms with E-state index in [-0.39, 0.29) is 13.3 Å². The van der Waals surface area contributed by atoms with Gasteiger partial charge in [0.05, 0.1) is 17.3 Å². The second-order valence-electron chi connectivity index (χ2n) is 6.17. The lowest BCUT2D eigenvalue weighted by molar-refractivity contribution is 0.0955. The summed E-state index contributed by atoms with van der Waals surface area (Å²) in [4.78, 5) is 17.6. The van der Waals surface area contributed by atoms with Crippen LogP contribution in [0.1, 0.15) is 22.7 Å². The maximum absolute atomic E-state index is 12.4. The van der Waals surface area contributed by atoms with Gasteiger partial charge in [-0.05, 0) is 39.4 Å². The number of H-pyrrole nitrogens is 1. The van der Waals surface area contributed by atoms with Crippen molar-refractivity contribution in [1.82, 2.24) is 30.1 Å². The van der Waals surface area contributed by atoms with E-state index in [4.69, 9.17) is 0 Å². The maximum Gasteiger partial charge on any atom is 0.261 e. The summed E-state index contributed by atoms with van der Waals surface area (Å²) in [6.45, 7) is 0.532. The van der Waals surface area contributed by atoms with Crippen LogP contribution < -0.4 is 5.32 Å². The van der Waals surface area contributed by atoms with Crippen molar-refractivity contribution in [2.24, 2.45) is 0 Å². The summed E-state index contributed by atoms with van der Waals surface area (Å²) in [5, 5.41) is 20.1. The van der Waals surface area contributed by atoms with Gasteiger partial charge in [-0.3, -0.25) is 9.89 Å². The molecule has 29 heavy (non-hydrogen) atoms. The molecule has 0 unspecified atom stereocenters. The SMILES string of the molecule is C.O=C(NCc1ccsc1)c1cc(-c2cnn3cc(-c4cn[nH]c4)cnc23)cs1. The Kier molecular flexibility index (Phi) is 5.24. The van der Waals surface area contributed by atoms with Crippen molar-refractivity contribution in [2.45, 2.75) is 14.0 Å². The second kappa shape index (κ2) is 7.98. The average molecular weight is 423 g/mol. The number of thiophene rings is 2. The number of hydrogen-bond acceptors (Lipinski definition) is 6. The van der Waals surface area contributed by atoms with E-state index in [0.717, 1.165) is 33.5 Å². The van der Waals surface area contributed by atoms with Gasteiger partial charge in [0, 0.05) is 41.8 Å². The zero-order chi connectivity index (χ0) is 18.9. The Morgan fingerprint density at radius 1 is 1.17 bits per heavy atom. The Balaban J connectivity index is 0.00000205. The third kappa shape index (κ3) is 3.69. The lowest BCUT2D eigenvalue weighted by Gasteiger charge is -2.01. The van der Waals surface area contributed by atoms with Crippen LogP contribution >= 0.6 is 22.7 Å². The van der Waals surface area contributed by atoms with E-state index in [2.05, 4.69) is 25.6 Å². The van der Waals surface area contributed by atoms with E-state index < -0.39 is 0 Å². The van der Waals surface area contributed by atoms with Gasteiger partial charge in [0.15, 0.2) is 5.65 Å². The van der Waals surface area contributed by atoms with Crippen LogP contribution in [0.3, 0.4) is 0 Å². The molecule has 0 atom stereocenters. The van der Waals surface area contributed by atoms with Gasteiger partial charge in [0.2, 0.25) is 0 Å². The Morgan fingerprint density at radius 3 is 2.90 bits per heavy atom. The van der Waals surface area contributed by atoms with Crippen molar-refractivity contribution < 1.29 is 4.79 Å². The summed E-state index contributed by atoms with van der Waals surface area (Å²) in [6.07, 6.45) is 9.04. The second-order valence-corrected chi connectivity index (χ2v) is 7.86. The van der Waals surface area contributed by atoms with Crippen LogP contribution in [0, 0.1) is 0 Å². The van der Waals surface area contributed by atoms with Gasteiger partial charge in [-0.15, -0.1) is 11.3 Å². The molecule has 146 valence electrons. The van der Waals surface area contributed by atoms with Crippen LogP contribution in [0.4, 0.5) is 0 Å². The molecule has 0 saturated heterocycles. The molecule has 0 spiro atoms. The Morgan fingerprint density at radius 2 is 2.10 bits per heavy atom. The minimum absolute atomic E-state index is 0. The summed E-state index contributed by atoms with van der Waals surface area (Å²) in [5.41, 5.74) is 5.56. The van der Waals surface area contributed by atoms with Gasteiger partial charge in [-0.2, -0.15) is 21.5 Å². The summed E-state index contributed by atoms with van der Waals surface area (Å²) < 4.78 is 1.74. The normalized spacial score (nSPS) is 10.8. The number of fused-ring (bicyclic) bond motifs is 1. The molecule has 0 bridgehead atoms. The van der Waals surface area contributed by atoms with Crippen LogP contribution in [0.15, 0.2) is 59.3 Å². The molecule has 7 nitrogen and oxygen atoms in total. The Labute approximate surface area is 175 Å². The predicted molar refractivity (Wildman–Crippen MR) is 116 cm³/mol. The van der Waals surface area contributed by atoms with E-state index >= 15 is 0 Å². The zero-order valence-corrected chi connectivity index (χ0v) is 16.1. The summed E-state index contributed by atoms with van der Waals surface area (Å²) in [7, 11) is 0. The molecule has 5 aromatic heterocycles. The Hall–Kier alpha value is -3.30. The smallest absolute Gasteiger partial charge is 0.261 e. The highest BCUT2D eigenvalue weighted by atomic mass is 32.1. The first kappa shape index (κ1) is 19.0. The van der Waals surface area contributed by atoms with Crippen LogP contribution in [0.5, 0.6) is 0 Å². The highest BCUT2D eigenvalue weighted by molar-refractivity contribution is 7.12. The van der Waals surface area contributed by atoms with Gasteiger partial charge in [0.25, 0.3) is 5.91 Å². The minimum atomic E-state index is -0.0749. The first-order valence-electron chi connectivity index (χ1n) is 8.48. The number of nitrogens with zero attached hydrogens (tertiary/aromatic N) is 4. The molecule has 0 fully saturated rings. The number of aromatic amines is 1. The topological polar surface area (TPSA) is 88.0 Å². The van der Waals surface area contributed by atoms with Gasteiger partial charge in [-0.25, -0.2) is 9.50 Å². The van der Waals surface area contributed by atoms with E-state index in [1.807, 2.05) is 40.7 Å². The number of amides is 1. The first-order chi connectivity index (χ1) is 13.8. The fraction of sp³-hybridized carbons (Fsp3) is 0.100. The third-order valence-corrected chi connectivity index (χ3v) is 6.02. The third-order valence-electron chi connectivity index (χ3n) is 4.36. The highest BCUT2D eigenvalue weighted by Gasteiger charge is 2.14. The molecule has 5 rings (SSSR count). The predicted octanol–water partition coefficient (Wildman–Crippen LogP) is 4.48. The van der Waals surface area contributed by atoms with Gasteiger partial charge in [-0.1, -0.05) is 7.43 Å². The molecule has 5 aromatic rings. The zero-order valence-electron chi connectivity index (χ0n) is 14.5. The molecular formula is C20H18N6OS2. The number of aromatic nitrogens is 5. The van der Waals surface area contributed by atoms with Crippen molar-refractivity contribution >= 4 is 34.2 Å². The van der Waals surface area contributed by atoms with Crippen LogP contribution in [-0.2, 0) is 6.54 Å². The molecule has 0 saturated carbocycles. The first-order valence-corrected chi connectivity index (χ1v) is 10.3. The average Bonchev–Trinajstić information content (AvgIpc) is 3.51. The van der Waals surface area contributed by atoms with E-state index in [9.17, 15) is 4.79 Å². The summed E-state index contributed by atoms with van der Waals surface area (Å²) in [5.74, 6) is -0.0749. The van der Waals surface area contributed by atoms with E-state index in [1.54, 1.807) is 34.4 Å². The summed E-state index contributed by atoms with van der Waals surface area (Å²) >= 11 is 3.04. The van der Waals surface area contributed by atoms with Gasteiger partial charge < -0.3 is 5.32 Å². The lowest BCUT2D eigenvalue weighted by Crippen LogP contribution is -2.21. The molecular weight excluding hydrogens is 404 g/mol. The van der Waals surface area contributed by atoms with E-state index in [1.165, 1.54) is 11.3 Å².